The van der Waals surface area contributed by atoms with E-state index in [2.05, 4.69) is 21.2 Å². The Hall–Kier alpha value is -8.69. The lowest BCUT2D eigenvalue weighted by Gasteiger charge is -2.49. The number of carbonyl (C=O) groups is 4. The molecule has 1 saturated heterocycles. The third-order valence-electron chi connectivity index (χ3n) is 13.8. The second kappa shape index (κ2) is 25.0. The van der Waals surface area contributed by atoms with Gasteiger partial charge in [-0.1, -0.05) is 181 Å². The highest BCUT2D eigenvalue weighted by atomic mass is 32.2. The van der Waals surface area contributed by atoms with Crippen molar-refractivity contribution in [3.05, 3.63) is 242 Å². The van der Waals surface area contributed by atoms with Crippen LogP contribution in [0.25, 0.3) is 12.4 Å². The van der Waals surface area contributed by atoms with E-state index in [1.54, 1.807) is 36.8 Å². The third kappa shape index (κ3) is 11.9. The van der Waals surface area contributed by atoms with E-state index in [0.29, 0.717) is 28.0 Å². The van der Waals surface area contributed by atoms with E-state index >= 15 is 0 Å². The Morgan fingerprint density at radius 2 is 1.41 bits per heavy atom. The quantitative estimate of drug-likeness (QED) is 0.0155. The van der Waals surface area contributed by atoms with Crippen LogP contribution in [-0.2, 0) is 45.6 Å². The highest BCUT2D eigenvalue weighted by Gasteiger charge is 2.55. The first-order valence-corrected chi connectivity index (χ1v) is 29.8. The normalized spacial score (nSPS) is 16.0. The maximum atomic E-state index is 15.0. The van der Waals surface area contributed by atoms with Crippen molar-refractivity contribution in [2.75, 3.05) is 31.0 Å². The molecule has 2 amide bonds. The number of anilines is 1. The number of benzene rings is 6. The molecule has 6 aromatic carbocycles. The molecule has 3 aliphatic heterocycles. The molecule has 0 aliphatic carbocycles. The Balaban J connectivity index is 0.897. The molecular weight excluding hydrogens is 1110 g/mol. The van der Waals surface area contributed by atoms with Crippen LogP contribution in [0.2, 0.25) is 0 Å². The first kappa shape index (κ1) is 55.2. The number of rotatable bonds is 21. The van der Waals surface area contributed by atoms with Crippen LogP contribution in [0.15, 0.2) is 202 Å². The molecule has 3 aliphatic rings. The number of hydrazine groups is 1. The Morgan fingerprint density at radius 1 is 0.817 bits per heavy atom. The monoisotopic (exact) mass is 1170 g/mol. The largest absolute Gasteiger partial charge is 0.497 e. The molecule has 0 bridgehead atoms. The van der Waals surface area contributed by atoms with Gasteiger partial charge in [-0.05, 0) is 58.0 Å². The van der Waals surface area contributed by atoms with E-state index in [9.17, 15) is 19.2 Å². The Bertz CT molecular complexity index is 3640. The lowest BCUT2D eigenvalue weighted by Crippen LogP contribution is -2.71. The molecule has 1 fully saturated rings. The van der Waals surface area contributed by atoms with Crippen LogP contribution in [0.4, 0.5) is 5.13 Å². The Labute approximate surface area is 489 Å². The van der Waals surface area contributed by atoms with Crippen molar-refractivity contribution in [1.82, 2.24) is 30.6 Å². The van der Waals surface area contributed by atoms with Crippen molar-refractivity contribution in [2.24, 2.45) is 5.16 Å². The summed E-state index contributed by atoms with van der Waals surface area (Å²) >= 11 is 5.62. The molecule has 11 rings (SSSR count). The number of thioether (sulfide) groups is 2. The van der Waals surface area contributed by atoms with Crippen LogP contribution in [0.3, 0.4) is 0 Å². The number of ether oxygens (including phenoxy) is 3. The molecule has 5 heterocycles. The van der Waals surface area contributed by atoms with Crippen LogP contribution in [0.1, 0.15) is 52.1 Å². The zero-order chi connectivity index (χ0) is 56.6. The van der Waals surface area contributed by atoms with Crippen LogP contribution in [-0.4, -0.2) is 92.5 Å². The average Bonchev–Trinajstić information content (AvgIpc) is 4.26. The van der Waals surface area contributed by atoms with Crippen molar-refractivity contribution in [2.45, 2.75) is 47.0 Å². The molecule has 1 unspecified atom stereocenters. The van der Waals surface area contributed by atoms with Crippen LogP contribution in [0, 0.1) is 0 Å². The number of hydrogen-bond donors (Lipinski definition) is 3. The van der Waals surface area contributed by atoms with E-state index in [-0.39, 0.29) is 23.7 Å². The highest BCUT2D eigenvalue weighted by molar-refractivity contribution is 8.01. The summed E-state index contributed by atoms with van der Waals surface area (Å²) in [5, 5.41) is 15.1. The minimum Gasteiger partial charge on any atom is -0.497 e. The molecule has 0 saturated carbocycles. The summed E-state index contributed by atoms with van der Waals surface area (Å²) in [6.45, 7) is 1.42. The highest BCUT2D eigenvalue weighted by Crippen LogP contribution is 2.43. The molecule has 414 valence electrons. The first-order valence-electron chi connectivity index (χ1n) is 26.1. The maximum Gasteiger partial charge on any atom is 0.355 e. The van der Waals surface area contributed by atoms with Gasteiger partial charge in [0.1, 0.15) is 46.1 Å². The Kier molecular flexibility index (Phi) is 16.8. The van der Waals surface area contributed by atoms with Gasteiger partial charge in [-0.3, -0.25) is 19.5 Å². The van der Waals surface area contributed by atoms with Crippen molar-refractivity contribution in [3.63, 3.8) is 0 Å². The molecule has 8 aromatic rings. The van der Waals surface area contributed by atoms with Gasteiger partial charge in [0.2, 0.25) is 6.10 Å². The number of hydrogen-bond acceptors (Lipinski definition) is 18. The lowest BCUT2D eigenvalue weighted by molar-refractivity contribution is -0.160. The van der Waals surface area contributed by atoms with Gasteiger partial charge in [0.15, 0.2) is 21.3 Å². The fourth-order valence-electron chi connectivity index (χ4n) is 9.60. The number of carbonyl (C=O) groups excluding carboxylic acids is 4. The number of esters is 2. The standard InChI is InChI=1S/C62H54N8O8S4/c1-39(58(73)77-54(41-19-9-4-10-20-41)42-21-11-5-12-22-42)78-68-51(49-38-80-60(64-49)67-62(44-23-13-6-14-24-44,45-25-15-7-16-26-45)46-27-17-8-18-28-46)55(71)66-52-56(72)70-53(59(74)76-35-40-29-31-47(75-3)32-30-40)43(36-79-57(52)70)37-81-61-65-48-34-69(2)63-33-50(48)82-61/h4-34,38-39,52,54,57,63H,35-37H2,1-3H3,(H,64,67)(H,66,71)/b68-51-/t39-,52?,57-/m0/s1. The average molecular weight is 1170 g/mol. The number of β-lactam (4-membered cyclic amide) rings is 1. The summed E-state index contributed by atoms with van der Waals surface area (Å²) in [6, 6.07) is 54.7. The first-order chi connectivity index (χ1) is 40.1. The molecule has 3 N–H and O–H groups in total. The molecule has 0 spiro atoms. The zero-order valence-corrected chi connectivity index (χ0v) is 47.8. The third-order valence-corrected chi connectivity index (χ3v) is 18.1. The Morgan fingerprint density at radius 3 is 2.01 bits per heavy atom. The van der Waals surface area contributed by atoms with Gasteiger partial charge in [-0.15, -0.1) is 34.4 Å². The minimum atomic E-state index is -1.32. The number of methoxy groups -OCH3 is 1. The second-order valence-electron chi connectivity index (χ2n) is 19.1. The SMILES string of the molecule is COc1ccc(COC(=O)C2=C(CSc3nc4c(s3)=CNN(C)C=4)CS[C@H]3C(NC(=O)/C(=N\O[C@@H](C)C(=O)OC(c4ccccc4)c4ccccc4)c4csc(NC(c5ccccc5)(c5ccccc5)c5ccccc5)n4)C(=O)N23)cc1. The minimum absolute atomic E-state index is 0.0588. The maximum absolute atomic E-state index is 15.0. The summed E-state index contributed by atoms with van der Waals surface area (Å²) in [7, 11) is 3.46. The molecule has 82 heavy (non-hydrogen) atoms. The lowest BCUT2D eigenvalue weighted by atomic mass is 9.77. The van der Waals surface area contributed by atoms with Crippen molar-refractivity contribution < 1.29 is 38.2 Å². The predicted octanol–water partition coefficient (Wildman–Crippen LogP) is 8.57. The number of oxime groups is 1. The van der Waals surface area contributed by atoms with E-state index in [4.69, 9.17) is 29.0 Å². The molecular formula is C62H54N8O8S4. The summed E-state index contributed by atoms with van der Waals surface area (Å²) in [5.41, 5.74) is 7.77. The van der Waals surface area contributed by atoms with Gasteiger partial charge < -0.3 is 35.1 Å². The zero-order valence-electron chi connectivity index (χ0n) is 44.5. The molecule has 3 atom stereocenters. The molecule has 16 nitrogen and oxygen atoms in total. The van der Waals surface area contributed by atoms with Crippen LogP contribution in [0.5, 0.6) is 5.75 Å². The number of aromatic nitrogens is 2. The number of fused-ring (bicyclic) bond motifs is 2. The fourth-order valence-corrected chi connectivity index (χ4v) is 13.9. The number of amides is 2. The van der Waals surface area contributed by atoms with E-state index < -0.39 is 52.9 Å². The van der Waals surface area contributed by atoms with E-state index in [0.717, 1.165) is 47.6 Å². The number of nitrogens with one attached hydrogen (secondary N) is 3. The summed E-state index contributed by atoms with van der Waals surface area (Å²) in [4.78, 5) is 75.1. The smallest absolute Gasteiger partial charge is 0.355 e. The van der Waals surface area contributed by atoms with Crippen LogP contribution < -0.4 is 30.7 Å². The van der Waals surface area contributed by atoms with Crippen molar-refractivity contribution in [1.29, 1.82) is 0 Å². The summed E-state index contributed by atoms with van der Waals surface area (Å²) < 4.78 is 19.1. The number of thiazole rings is 2. The second-order valence-corrected chi connectivity index (χ2v) is 23.3. The molecule has 0 radical (unpaired) electrons. The van der Waals surface area contributed by atoms with E-state index in [1.165, 1.54) is 58.0 Å². The summed E-state index contributed by atoms with van der Waals surface area (Å²) in [6.07, 6.45) is 1.70. The topological polar surface area (TPSA) is 186 Å². The van der Waals surface area contributed by atoms with Gasteiger partial charge in [-0.2, -0.15) is 0 Å². The van der Waals surface area contributed by atoms with Crippen LogP contribution >= 0.6 is 46.2 Å². The molecule has 20 heteroatoms. The fraction of sp³-hybridized carbons (Fsp3) is 0.177. The predicted molar refractivity (Wildman–Crippen MR) is 320 cm³/mol. The number of nitrogens with zero attached hydrogens (tertiary/aromatic N) is 5. The van der Waals surface area contributed by atoms with E-state index in [1.807, 2.05) is 176 Å². The van der Waals surface area contributed by atoms with Crippen molar-refractivity contribution in [3.8, 4) is 5.75 Å². The summed E-state index contributed by atoms with van der Waals surface area (Å²) in [5.74, 6) is -1.42. The van der Waals surface area contributed by atoms with Gasteiger partial charge >= 0.3 is 11.9 Å². The van der Waals surface area contributed by atoms with Crippen molar-refractivity contribution >= 4 is 93.2 Å². The van der Waals surface area contributed by atoms with Gasteiger partial charge in [0.05, 0.1) is 11.6 Å². The van der Waals surface area contributed by atoms with Gasteiger partial charge in [-0.25, -0.2) is 19.6 Å². The molecule has 2 aromatic heterocycles. The van der Waals surface area contributed by atoms with Gasteiger partial charge in [0, 0.05) is 36.3 Å². The van der Waals surface area contributed by atoms with Gasteiger partial charge in [0.25, 0.3) is 11.8 Å².